The van der Waals surface area contributed by atoms with Crippen LogP contribution < -0.4 is 16.0 Å². The minimum absolute atomic E-state index is 0.185. The largest absolute Gasteiger partial charge is 0.497 e. The highest BCUT2D eigenvalue weighted by Gasteiger charge is 2.36. The molecule has 11 heteroatoms. The summed E-state index contributed by atoms with van der Waals surface area (Å²) in [6.45, 7) is 13.4. The maximum atomic E-state index is 13.7. The summed E-state index contributed by atoms with van der Waals surface area (Å²) >= 11 is 0. The molecule has 2 aliphatic heterocycles. The number of nitrogens with zero attached hydrogens (tertiary/aromatic N) is 4. The maximum absolute atomic E-state index is 13.7. The molecule has 3 N–H and O–H groups in total. The van der Waals surface area contributed by atoms with Gasteiger partial charge in [-0.1, -0.05) is 6.58 Å². The summed E-state index contributed by atoms with van der Waals surface area (Å²) in [7, 11) is 2.39. The van der Waals surface area contributed by atoms with Crippen LogP contribution in [0, 0.1) is 13.8 Å². The molecule has 0 aromatic heterocycles. The van der Waals surface area contributed by atoms with Gasteiger partial charge in [0.2, 0.25) is 6.23 Å². The average molecular weight is 549 g/mol. The Morgan fingerprint density at radius 1 is 1.13 bits per heavy atom. The number of nitrogens with two attached hydrogens (primary N) is 1. The number of hydrazine groups is 1. The number of nitrogens with one attached hydrogen (secondary N) is 1. The molecule has 1 aromatic carbocycles. The van der Waals surface area contributed by atoms with Crippen LogP contribution in [0.25, 0.3) is 0 Å². The Balaban J connectivity index is 1.33. The van der Waals surface area contributed by atoms with E-state index in [9.17, 15) is 9.00 Å². The zero-order chi connectivity index (χ0) is 27.4. The predicted molar refractivity (Wildman–Crippen MR) is 149 cm³/mol. The van der Waals surface area contributed by atoms with E-state index in [4.69, 9.17) is 15.3 Å². The van der Waals surface area contributed by atoms with E-state index in [1.54, 1.807) is 7.11 Å². The number of piperazine rings is 1. The number of rotatable bonds is 11. The van der Waals surface area contributed by atoms with E-state index in [2.05, 4.69) is 28.9 Å². The number of benzene rings is 1. The molecule has 212 valence electrons. The number of carbonyl (C=O) groups excluding carboxylic acids is 1. The monoisotopic (exact) mass is 548 g/mol. The van der Waals surface area contributed by atoms with Crippen molar-refractivity contribution in [1.29, 1.82) is 0 Å². The SMILES string of the molecule is C=C(CN(C1CC1)S(=O)c1c(C)cc(OC)cc1C)OC(NN)C(=O)N1CCN(C2CCN(C)CC2)CC1. The first kappa shape index (κ1) is 29.0. The van der Waals surface area contributed by atoms with Gasteiger partial charge in [-0.3, -0.25) is 15.5 Å². The number of amides is 1. The van der Waals surface area contributed by atoms with E-state index in [0.29, 0.717) is 24.9 Å². The lowest BCUT2D eigenvalue weighted by Gasteiger charge is -2.42. The Kier molecular flexibility index (Phi) is 9.83. The molecule has 3 fully saturated rings. The second-order valence-corrected chi connectivity index (χ2v) is 12.1. The van der Waals surface area contributed by atoms with Crippen LogP contribution in [0.2, 0.25) is 0 Å². The van der Waals surface area contributed by atoms with Crippen molar-refractivity contribution in [1.82, 2.24) is 24.4 Å². The Morgan fingerprint density at radius 3 is 2.26 bits per heavy atom. The number of carbonyl (C=O) groups is 1. The van der Waals surface area contributed by atoms with Crippen LogP contribution in [0.5, 0.6) is 5.75 Å². The van der Waals surface area contributed by atoms with Crippen LogP contribution in [-0.4, -0.2) is 107 Å². The van der Waals surface area contributed by atoms with Gasteiger partial charge < -0.3 is 19.3 Å². The second kappa shape index (κ2) is 12.9. The molecule has 1 aliphatic carbocycles. The van der Waals surface area contributed by atoms with Gasteiger partial charge in [-0.05, 0) is 82.9 Å². The summed E-state index contributed by atoms with van der Waals surface area (Å²) in [6.07, 6.45) is 3.25. The van der Waals surface area contributed by atoms with Gasteiger partial charge in [-0.2, -0.15) is 0 Å². The molecule has 1 aromatic rings. The number of methoxy groups -OCH3 is 1. The lowest BCUT2D eigenvalue weighted by atomic mass is 10.0. The minimum atomic E-state index is -1.40. The Bertz CT molecular complexity index is 996. The smallest absolute Gasteiger partial charge is 0.280 e. The van der Waals surface area contributed by atoms with E-state index in [0.717, 1.165) is 60.8 Å². The molecule has 0 spiro atoms. The Labute approximate surface area is 229 Å². The number of aryl methyl sites for hydroxylation is 2. The molecular formula is C27H44N6O4S. The molecule has 4 rings (SSSR count). The van der Waals surface area contributed by atoms with E-state index in [1.165, 1.54) is 12.8 Å². The van der Waals surface area contributed by atoms with E-state index < -0.39 is 17.2 Å². The normalized spacial score (nSPS) is 21.4. The molecule has 1 saturated carbocycles. The summed E-state index contributed by atoms with van der Waals surface area (Å²) in [5.74, 6) is 6.65. The van der Waals surface area contributed by atoms with Gasteiger partial charge in [-0.15, -0.1) is 0 Å². The highest BCUT2D eigenvalue weighted by Crippen LogP contribution is 2.34. The number of likely N-dealkylation sites (tertiary alicyclic amines) is 1. The number of hydrogen-bond acceptors (Lipinski definition) is 8. The Hall–Kier alpha value is -2.02. The van der Waals surface area contributed by atoms with Crippen LogP contribution in [-0.2, 0) is 20.5 Å². The van der Waals surface area contributed by atoms with Crippen molar-refractivity contribution >= 4 is 16.9 Å². The summed E-state index contributed by atoms with van der Waals surface area (Å²) < 4.78 is 26.9. The molecule has 1 amide bonds. The molecule has 2 saturated heterocycles. The number of piperidine rings is 1. The molecule has 2 atom stereocenters. The van der Waals surface area contributed by atoms with Crippen molar-refractivity contribution in [2.75, 3.05) is 60.0 Å². The first-order valence-corrected chi connectivity index (χ1v) is 14.7. The van der Waals surface area contributed by atoms with Gasteiger partial charge in [0.25, 0.3) is 5.91 Å². The fourth-order valence-electron chi connectivity index (χ4n) is 5.47. The van der Waals surface area contributed by atoms with Crippen LogP contribution in [0.4, 0.5) is 0 Å². The maximum Gasteiger partial charge on any atom is 0.280 e. The van der Waals surface area contributed by atoms with Crippen LogP contribution in [0.3, 0.4) is 0 Å². The standard InChI is InChI=1S/C27H44N6O4S/c1-19-16-24(36-5)17-20(2)25(19)38(35)33(23-6-7-23)18-21(3)37-26(29-28)27(34)32-14-12-31(13-15-32)22-8-10-30(4)11-9-22/h16-17,22-23,26,29H,3,6-15,18,28H2,1-2,4-5H3. The average Bonchev–Trinajstić information content (AvgIpc) is 3.75. The van der Waals surface area contributed by atoms with Gasteiger partial charge in [-0.25, -0.2) is 13.9 Å². The number of hydrogen-bond donors (Lipinski definition) is 2. The fraction of sp³-hybridized carbons (Fsp3) is 0.667. The number of ether oxygens (including phenoxy) is 2. The quantitative estimate of drug-likeness (QED) is 0.185. The third-order valence-electron chi connectivity index (χ3n) is 7.83. The molecule has 0 bridgehead atoms. The minimum Gasteiger partial charge on any atom is -0.497 e. The van der Waals surface area contributed by atoms with Gasteiger partial charge >= 0.3 is 0 Å². The summed E-state index contributed by atoms with van der Waals surface area (Å²) in [5, 5.41) is 0. The van der Waals surface area contributed by atoms with Crippen molar-refractivity contribution in [3.05, 3.63) is 35.6 Å². The first-order valence-electron chi connectivity index (χ1n) is 13.6. The molecule has 38 heavy (non-hydrogen) atoms. The van der Waals surface area contributed by atoms with Gasteiger partial charge in [0.15, 0.2) is 0 Å². The summed E-state index contributed by atoms with van der Waals surface area (Å²) in [4.78, 5) is 20.7. The van der Waals surface area contributed by atoms with Crippen LogP contribution in [0.15, 0.2) is 29.4 Å². The van der Waals surface area contributed by atoms with E-state index in [1.807, 2.05) is 35.2 Å². The molecule has 2 heterocycles. The van der Waals surface area contributed by atoms with Gasteiger partial charge in [0.1, 0.15) is 22.5 Å². The second-order valence-electron chi connectivity index (χ2n) is 10.7. The topological polar surface area (TPSA) is 104 Å². The lowest BCUT2D eigenvalue weighted by molar-refractivity contribution is -0.145. The third-order valence-corrected chi connectivity index (χ3v) is 9.68. The van der Waals surface area contributed by atoms with Gasteiger partial charge in [0.05, 0.1) is 18.6 Å². The van der Waals surface area contributed by atoms with Crippen LogP contribution >= 0.6 is 0 Å². The molecule has 3 aliphatic rings. The highest BCUT2D eigenvalue weighted by molar-refractivity contribution is 7.82. The molecule has 0 radical (unpaired) electrons. The molecular weight excluding hydrogens is 504 g/mol. The van der Waals surface area contributed by atoms with Crippen molar-refractivity contribution in [2.24, 2.45) is 5.84 Å². The molecule has 2 unspecified atom stereocenters. The van der Waals surface area contributed by atoms with Crippen LogP contribution in [0.1, 0.15) is 36.8 Å². The van der Waals surface area contributed by atoms with Crippen molar-refractivity contribution in [2.45, 2.75) is 62.7 Å². The fourth-order valence-corrected chi connectivity index (χ4v) is 7.12. The highest BCUT2D eigenvalue weighted by atomic mass is 32.2. The summed E-state index contributed by atoms with van der Waals surface area (Å²) in [6, 6.07) is 4.58. The third kappa shape index (κ3) is 6.94. The van der Waals surface area contributed by atoms with Gasteiger partial charge in [0, 0.05) is 38.3 Å². The first-order chi connectivity index (χ1) is 18.2. The zero-order valence-electron chi connectivity index (χ0n) is 23.3. The lowest BCUT2D eigenvalue weighted by Crippen LogP contribution is -2.58. The predicted octanol–water partition coefficient (Wildman–Crippen LogP) is 1.36. The van der Waals surface area contributed by atoms with E-state index in [-0.39, 0.29) is 18.5 Å². The molecule has 10 nitrogen and oxygen atoms in total. The van der Waals surface area contributed by atoms with Crippen molar-refractivity contribution in [3.63, 3.8) is 0 Å². The van der Waals surface area contributed by atoms with Crippen molar-refractivity contribution in [3.8, 4) is 5.75 Å². The van der Waals surface area contributed by atoms with E-state index >= 15 is 0 Å². The Morgan fingerprint density at radius 2 is 1.74 bits per heavy atom. The summed E-state index contributed by atoms with van der Waals surface area (Å²) in [5.41, 5.74) is 4.34. The zero-order valence-corrected chi connectivity index (χ0v) is 24.1. The van der Waals surface area contributed by atoms with Crippen molar-refractivity contribution < 1.29 is 18.5 Å².